The van der Waals surface area contributed by atoms with Gasteiger partial charge in [-0.15, -0.1) is 0 Å². The van der Waals surface area contributed by atoms with Crippen LogP contribution in [0.3, 0.4) is 0 Å². The molecule has 0 heterocycles. The molecular formula is C24H39NO3. The largest absolute Gasteiger partial charge is 0.396 e. The molecule has 28 heavy (non-hydrogen) atoms. The number of aliphatic hydroxyl groups excluding tert-OH is 2. The molecule has 1 unspecified atom stereocenters. The highest BCUT2D eigenvalue weighted by Crippen LogP contribution is 2.67. The quantitative estimate of drug-likeness (QED) is 0.644. The minimum absolute atomic E-state index is 0.0568. The third kappa shape index (κ3) is 2.94. The lowest BCUT2D eigenvalue weighted by Crippen LogP contribution is -2.62. The molecule has 0 spiro atoms. The van der Waals surface area contributed by atoms with E-state index in [4.69, 9.17) is 5.73 Å². The number of fused-ring (bicyclic) bond motifs is 5. The van der Waals surface area contributed by atoms with Crippen molar-refractivity contribution in [3.63, 3.8) is 0 Å². The minimum atomic E-state index is -0.477. The van der Waals surface area contributed by atoms with Crippen molar-refractivity contribution >= 4 is 5.78 Å². The first kappa shape index (κ1) is 20.6. The van der Waals surface area contributed by atoms with Gasteiger partial charge in [0, 0.05) is 24.4 Å². The zero-order chi connectivity index (χ0) is 20.1. The summed E-state index contributed by atoms with van der Waals surface area (Å²) in [7, 11) is 0. The van der Waals surface area contributed by atoms with Crippen molar-refractivity contribution in [3.8, 4) is 0 Å². The first-order valence-electron chi connectivity index (χ1n) is 11.6. The van der Waals surface area contributed by atoms with E-state index in [9.17, 15) is 15.0 Å². The normalized spacial score (nSPS) is 51.0. The molecule has 4 nitrogen and oxygen atoms in total. The summed E-state index contributed by atoms with van der Waals surface area (Å²) < 4.78 is 0. The highest BCUT2D eigenvalue weighted by Gasteiger charge is 2.64. The van der Waals surface area contributed by atoms with Gasteiger partial charge in [-0.3, -0.25) is 4.79 Å². The van der Waals surface area contributed by atoms with Crippen LogP contribution in [-0.2, 0) is 4.79 Å². The topological polar surface area (TPSA) is 83.6 Å². The summed E-state index contributed by atoms with van der Waals surface area (Å²) in [4.78, 5) is 12.6. The molecule has 0 aromatic heterocycles. The van der Waals surface area contributed by atoms with E-state index in [0.29, 0.717) is 42.4 Å². The Morgan fingerprint density at radius 3 is 2.64 bits per heavy atom. The second-order valence-corrected chi connectivity index (χ2v) is 10.7. The van der Waals surface area contributed by atoms with Gasteiger partial charge < -0.3 is 15.9 Å². The Kier molecular flexibility index (Phi) is 5.52. The number of rotatable bonds is 4. The number of hydrogen-bond acceptors (Lipinski definition) is 4. The number of carbonyl (C=O) groups is 1. The summed E-state index contributed by atoms with van der Waals surface area (Å²) in [5.74, 6) is 2.18. The first-order chi connectivity index (χ1) is 13.4. The SMILES string of the molecule is C[C@]12CC[C@@H](/C=C\CCN)CC1[C@@H](CO)[C@@H](O)[C@@H]1[C@@H]2CC[C@]2(C)C(=O)CC[C@@H]12. The molecule has 0 radical (unpaired) electrons. The second kappa shape index (κ2) is 7.52. The second-order valence-electron chi connectivity index (χ2n) is 10.7. The van der Waals surface area contributed by atoms with Gasteiger partial charge in [0.05, 0.1) is 6.10 Å². The maximum atomic E-state index is 12.6. The average Bonchev–Trinajstić information content (AvgIpc) is 2.98. The van der Waals surface area contributed by atoms with Crippen LogP contribution < -0.4 is 5.73 Å². The van der Waals surface area contributed by atoms with Crippen LogP contribution in [0.25, 0.3) is 0 Å². The van der Waals surface area contributed by atoms with Crippen molar-refractivity contribution in [2.45, 2.75) is 71.3 Å². The lowest BCUT2D eigenvalue weighted by molar-refractivity contribution is -0.198. The van der Waals surface area contributed by atoms with Crippen LogP contribution in [0.5, 0.6) is 0 Å². The van der Waals surface area contributed by atoms with E-state index in [1.807, 2.05) is 0 Å². The van der Waals surface area contributed by atoms with Crippen molar-refractivity contribution in [2.75, 3.05) is 13.2 Å². The Labute approximate surface area is 170 Å². The molecule has 0 saturated heterocycles. The molecule has 4 heteroatoms. The highest BCUT2D eigenvalue weighted by atomic mass is 16.3. The number of allylic oxidation sites excluding steroid dienone is 1. The van der Waals surface area contributed by atoms with E-state index in [1.165, 1.54) is 6.42 Å². The Bertz CT molecular complexity index is 633. The highest BCUT2D eigenvalue weighted by molar-refractivity contribution is 5.87. The monoisotopic (exact) mass is 389 g/mol. The number of ketones is 1. The van der Waals surface area contributed by atoms with Gasteiger partial charge in [-0.05, 0) is 86.5 Å². The molecule has 0 aromatic carbocycles. The van der Waals surface area contributed by atoms with Crippen molar-refractivity contribution in [2.24, 2.45) is 52.1 Å². The molecule has 0 aromatic rings. The lowest BCUT2D eigenvalue weighted by Gasteiger charge is -2.63. The van der Waals surface area contributed by atoms with Crippen molar-refractivity contribution in [3.05, 3.63) is 12.2 Å². The summed E-state index contributed by atoms with van der Waals surface area (Å²) in [5.41, 5.74) is 5.55. The van der Waals surface area contributed by atoms with Gasteiger partial charge in [0.2, 0.25) is 0 Å². The van der Waals surface area contributed by atoms with Gasteiger partial charge in [0.15, 0.2) is 0 Å². The average molecular weight is 390 g/mol. The van der Waals surface area contributed by atoms with Gasteiger partial charge in [0.1, 0.15) is 5.78 Å². The summed E-state index contributed by atoms with van der Waals surface area (Å²) in [6.07, 6.45) is 12.0. The van der Waals surface area contributed by atoms with Gasteiger partial charge in [-0.25, -0.2) is 0 Å². The van der Waals surface area contributed by atoms with Crippen LogP contribution in [0.4, 0.5) is 0 Å². The van der Waals surface area contributed by atoms with Gasteiger partial charge in [-0.1, -0.05) is 26.0 Å². The fourth-order valence-electron chi connectivity index (χ4n) is 8.05. The minimum Gasteiger partial charge on any atom is -0.396 e. The van der Waals surface area contributed by atoms with Crippen molar-refractivity contribution in [1.29, 1.82) is 0 Å². The molecule has 4 aliphatic rings. The molecule has 0 bridgehead atoms. The first-order valence-corrected chi connectivity index (χ1v) is 11.6. The fraction of sp³-hybridized carbons (Fsp3) is 0.875. The Balaban J connectivity index is 1.63. The number of aliphatic hydroxyl groups is 2. The van der Waals surface area contributed by atoms with Crippen molar-refractivity contribution < 1.29 is 15.0 Å². The number of Topliss-reactive ketones (excluding diaryl/α,β-unsaturated/α-hetero) is 1. The smallest absolute Gasteiger partial charge is 0.139 e. The van der Waals surface area contributed by atoms with E-state index >= 15 is 0 Å². The third-order valence-electron chi connectivity index (χ3n) is 9.65. The van der Waals surface area contributed by atoms with Crippen molar-refractivity contribution in [1.82, 2.24) is 0 Å². The van der Waals surface area contributed by atoms with E-state index in [-0.39, 0.29) is 29.3 Å². The van der Waals surface area contributed by atoms with Crippen LogP contribution in [-0.4, -0.2) is 35.3 Å². The van der Waals surface area contributed by atoms with Gasteiger partial charge in [0.25, 0.3) is 0 Å². The zero-order valence-electron chi connectivity index (χ0n) is 17.6. The van der Waals surface area contributed by atoms with E-state index in [2.05, 4.69) is 26.0 Å². The fourth-order valence-corrected chi connectivity index (χ4v) is 8.05. The predicted molar refractivity (Wildman–Crippen MR) is 110 cm³/mol. The van der Waals surface area contributed by atoms with Crippen LogP contribution in [0.15, 0.2) is 12.2 Å². The van der Waals surface area contributed by atoms with Crippen LogP contribution >= 0.6 is 0 Å². The van der Waals surface area contributed by atoms with E-state index in [1.54, 1.807) is 0 Å². The molecule has 4 N–H and O–H groups in total. The van der Waals surface area contributed by atoms with Crippen LogP contribution in [0, 0.1) is 46.3 Å². The Morgan fingerprint density at radius 1 is 1.14 bits per heavy atom. The molecule has 4 fully saturated rings. The number of carbonyl (C=O) groups excluding carboxylic acids is 1. The Hall–Kier alpha value is -0.710. The molecule has 9 atom stereocenters. The van der Waals surface area contributed by atoms with Crippen LogP contribution in [0.1, 0.15) is 65.2 Å². The summed E-state index contributed by atoms with van der Waals surface area (Å²) >= 11 is 0. The zero-order valence-corrected chi connectivity index (χ0v) is 17.6. The molecule has 4 rings (SSSR count). The van der Waals surface area contributed by atoms with Gasteiger partial charge >= 0.3 is 0 Å². The Morgan fingerprint density at radius 2 is 1.93 bits per heavy atom. The van der Waals surface area contributed by atoms with Gasteiger partial charge in [-0.2, -0.15) is 0 Å². The van der Waals surface area contributed by atoms with E-state index in [0.717, 1.165) is 38.5 Å². The molecule has 0 aliphatic heterocycles. The summed E-state index contributed by atoms with van der Waals surface area (Å²) in [6, 6.07) is 0. The standard InChI is InChI=1S/C24H39NO3/c1-23-10-8-15(5-3-4-12-25)13-19(23)16(14-26)22(28)21-17-6-7-20(27)24(17,2)11-9-18(21)23/h3,5,15-19,21-22,26,28H,4,6-14,25H2,1-2H3/b5-3-/t15-,16-,17+,18+,19?,21+,22-,23-,24+/m1/s1. The number of hydrogen-bond donors (Lipinski definition) is 3. The lowest BCUT2D eigenvalue weighted by atomic mass is 9.42. The third-order valence-corrected chi connectivity index (χ3v) is 9.65. The maximum Gasteiger partial charge on any atom is 0.139 e. The molecule has 4 saturated carbocycles. The van der Waals surface area contributed by atoms with Crippen LogP contribution in [0.2, 0.25) is 0 Å². The molecule has 158 valence electrons. The molecule has 0 amide bonds. The summed E-state index contributed by atoms with van der Waals surface area (Å²) in [6.45, 7) is 5.33. The predicted octanol–water partition coefficient (Wildman–Crippen LogP) is 3.31. The molecule has 4 aliphatic carbocycles. The molecular weight excluding hydrogens is 350 g/mol. The maximum absolute atomic E-state index is 12.6. The summed E-state index contributed by atoms with van der Waals surface area (Å²) in [5, 5.41) is 21.8. The van der Waals surface area contributed by atoms with E-state index < -0.39 is 6.10 Å². The number of nitrogens with two attached hydrogens (primary N) is 1.